The molecular formula is C17H17FN2O. The van der Waals surface area contributed by atoms with E-state index in [1.807, 2.05) is 17.0 Å². The van der Waals surface area contributed by atoms with Crippen molar-refractivity contribution in [3.8, 4) is 0 Å². The number of hydrogen-bond acceptors (Lipinski definition) is 2. The highest BCUT2D eigenvalue weighted by atomic mass is 19.1. The lowest BCUT2D eigenvalue weighted by atomic mass is 10.0. The summed E-state index contributed by atoms with van der Waals surface area (Å²) in [7, 11) is 0. The number of amides is 1. The molecular weight excluding hydrogens is 267 g/mol. The number of carbonyl (C=O) groups is 1. The molecule has 0 bridgehead atoms. The summed E-state index contributed by atoms with van der Waals surface area (Å²) >= 11 is 0. The average molecular weight is 284 g/mol. The van der Waals surface area contributed by atoms with Crippen LogP contribution in [0.5, 0.6) is 0 Å². The van der Waals surface area contributed by atoms with Crippen LogP contribution in [0.4, 0.5) is 4.39 Å². The van der Waals surface area contributed by atoms with Gasteiger partial charge in [0.1, 0.15) is 5.82 Å². The Morgan fingerprint density at radius 3 is 2.43 bits per heavy atom. The van der Waals surface area contributed by atoms with Crippen LogP contribution in [0.25, 0.3) is 10.8 Å². The van der Waals surface area contributed by atoms with Gasteiger partial charge in [0.2, 0.25) is 0 Å². The number of carbonyl (C=O) groups excluding carboxylic acids is 1. The summed E-state index contributed by atoms with van der Waals surface area (Å²) < 4.78 is 13.9. The van der Waals surface area contributed by atoms with Gasteiger partial charge in [-0.05, 0) is 29.4 Å². The highest BCUT2D eigenvalue weighted by molar-refractivity contribution is 6.07. The SMILES string of the molecule is O=C(c1ccc(F)c2ccccc12)N1C[C@H]2CNC[C@H]2C1. The molecule has 2 saturated heterocycles. The Hall–Kier alpha value is -1.94. The zero-order chi connectivity index (χ0) is 14.4. The van der Waals surface area contributed by atoms with Crippen LogP contribution >= 0.6 is 0 Å². The number of hydrogen-bond donors (Lipinski definition) is 1. The molecule has 0 spiro atoms. The maximum Gasteiger partial charge on any atom is 0.254 e. The van der Waals surface area contributed by atoms with Gasteiger partial charge in [0, 0.05) is 37.1 Å². The molecule has 2 atom stereocenters. The molecule has 108 valence electrons. The molecule has 2 fully saturated rings. The van der Waals surface area contributed by atoms with E-state index in [9.17, 15) is 9.18 Å². The first-order valence-corrected chi connectivity index (χ1v) is 7.41. The van der Waals surface area contributed by atoms with Crippen LogP contribution in [-0.4, -0.2) is 37.0 Å². The fourth-order valence-corrected chi connectivity index (χ4v) is 3.64. The van der Waals surface area contributed by atoms with E-state index in [2.05, 4.69) is 5.32 Å². The Kier molecular flexibility index (Phi) is 2.93. The zero-order valence-electron chi connectivity index (χ0n) is 11.7. The van der Waals surface area contributed by atoms with Crippen LogP contribution in [0, 0.1) is 17.7 Å². The molecule has 2 aromatic rings. The first-order chi connectivity index (χ1) is 10.2. The number of fused-ring (bicyclic) bond motifs is 2. The molecule has 2 aliphatic heterocycles. The van der Waals surface area contributed by atoms with Crippen LogP contribution in [0.1, 0.15) is 10.4 Å². The standard InChI is InChI=1S/C17H17FN2O/c18-16-6-5-15(13-3-1-2-4-14(13)16)17(21)20-9-11-7-19-8-12(11)10-20/h1-6,11-12,19H,7-10H2/t11-,12+. The summed E-state index contributed by atoms with van der Waals surface area (Å²) in [6.07, 6.45) is 0. The molecule has 2 heterocycles. The smallest absolute Gasteiger partial charge is 0.254 e. The van der Waals surface area contributed by atoms with Gasteiger partial charge in [0.25, 0.3) is 5.91 Å². The lowest BCUT2D eigenvalue weighted by Gasteiger charge is -2.18. The van der Waals surface area contributed by atoms with Gasteiger partial charge in [-0.25, -0.2) is 4.39 Å². The summed E-state index contributed by atoms with van der Waals surface area (Å²) in [5.41, 5.74) is 0.611. The van der Waals surface area contributed by atoms with E-state index in [1.165, 1.54) is 6.07 Å². The third-order valence-electron chi connectivity index (χ3n) is 4.78. The predicted octanol–water partition coefficient (Wildman–Crippen LogP) is 2.27. The third kappa shape index (κ3) is 2.02. The van der Waals surface area contributed by atoms with Gasteiger partial charge < -0.3 is 10.2 Å². The van der Waals surface area contributed by atoms with Crippen molar-refractivity contribution in [2.45, 2.75) is 0 Å². The van der Waals surface area contributed by atoms with Gasteiger partial charge in [-0.1, -0.05) is 24.3 Å². The second-order valence-electron chi connectivity index (χ2n) is 6.03. The normalized spacial score (nSPS) is 24.5. The highest BCUT2D eigenvalue weighted by Gasteiger charge is 2.38. The lowest BCUT2D eigenvalue weighted by Crippen LogP contribution is -2.32. The minimum atomic E-state index is -0.273. The minimum absolute atomic E-state index is 0.0283. The quantitative estimate of drug-likeness (QED) is 0.871. The van der Waals surface area contributed by atoms with E-state index in [0.29, 0.717) is 28.2 Å². The van der Waals surface area contributed by atoms with Crippen LogP contribution < -0.4 is 5.32 Å². The van der Waals surface area contributed by atoms with Crippen molar-refractivity contribution in [1.82, 2.24) is 10.2 Å². The van der Waals surface area contributed by atoms with Crippen molar-refractivity contribution >= 4 is 16.7 Å². The Bertz CT molecular complexity index is 703. The summed E-state index contributed by atoms with van der Waals surface area (Å²) in [6, 6.07) is 10.2. The van der Waals surface area contributed by atoms with Crippen molar-refractivity contribution in [1.29, 1.82) is 0 Å². The van der Waals surface area contributed by atoms with E-state index >= 15 is 0 Å². The molecule has 1 N–H and O–H groups in total. The largest absolute Gasteiger partial charge is 0.338 e. The predicted molar refractivity (Wildman–Crippen MR) is 79.7 cm³/mol. The van der Waals surface area contributed by atoms with Crippen molar-refractivity contribution in [2.24, 2.45) is 11.8 Å². The van der Waals surface area contributed by atoms with Gasteiger partial charge in [-0.3, -0.25) is 4.79 Å². The van der Waals surface area contributed by atoms with E-state index in [4.69, 9.17) is 0 Å². The van der Waals surface area contributed by atoms with Crippen LogP contribution in [-0.2, 0) is 0 Å². The number of likely N-dealkylation sites (tertiary alicyclic amines) is 1. The molecule has 1 amide bonds. The van der Waals surface area contributed by atoms with Gasteiger partial charge in [-0.15, -0.1) is 0 Å². The number of rotatable bonds is 1. The van der Waals surface area contributed by atoms with Gasteiger partial charge >= 0.3 is 0 Å². The average Bonchev–Trinajstić information content (AvgIpc) is 3.08. The van der Waals surface area contributed by atoms with E-state index in [0.717, 1.165) is 26.2 Å². The molecule has 4 heteroatoms. The maximum absolute atomic E-state index is 13.9. The molecule has 0 aromatic heterocycles. The Balaban J connectivity index is 1.70. The molecule has 21 heavy (non-hydrogen) atoms. The maximum atomic E-state index is 13.9. The second-order valence-corrected chi connectivity index (χ2v) is 6.03. The number of benzene rings is 2. The minimum Gasteiger partial charge on any atom is -0.338 e. The molecule has 3 nitrogen and oxygen atoms in total. The van der Waals surface area contributed by atoms with Gasteiger partial charge in [-0.2, -0.15) is 0 Å². The molecule has 4 rings (SSSR count). The summed E-state index contributed by atoms with van der Waals surface area (Å²) in [5, 5.41) is 4.60. The molecule has 0 saturated carbocycles. The van der Waals surface area contributed by atoms with Crippen LogP contribution in [0.15, 0.2) is 36.4 Å². The van der Waals surface area contributed by atoms with Crippen molar-refractivity contribution in [3.05, 3.63) is 47.8 Å². The Morgan fingerprint density at radius 2 is 1.71 bits per heavy atom. The summed E-state index contributed by atoms with van der Waals surface area (Å²) in [5.74, 6) is 0.895. The topological polar surface area (TPSA) is 32.3 Å². The fourth-order valence-electron chi connectivity index (χ4n) is 3.64. The third-order valence-corrected chi connectivity index (χ3v) is 4.78. The number of nitrogens with zero attached hydrogens (tertiary/aromatic N) is 1. The summed E-state index contributed by atoms with van der Waals surface area (Å²) in [4.78, 5) is 14.7. The highest BCUT2D eigenvalue weighted by Crippen LogP contribution is 2.29. The lowest BCUT2D eigenvalue weighted by molar-refractivity contribution is 0.0783. The van der Waals surface area contributed by atoms with E-state index in [-0.39, 0.29) is 11.7 Å². The molecule has 0 radical (unpaired) electrons. The monoisotopic (exact) mass is 284 g/mol. The molecule has 0 unspecified atom stereocenters. The number of halogens is 1. The van der Waals surface area contributed by atoms with Crippen molar-refractivity contribution in [2.75, 3.05) is 26.2 Å². The molecule has 2 aromatic carbocycles. The first-order valence-electron chi connectivity index (χ1n) is 7.41. The van der Waals surface area contributed by atoms with Crippen LogP contribution in [0.3, 0.4) is 0 Å². The zero-order valence-corrected chi connectivity index (χ0v) is 11.7. The van der Waals surface area contributed by atoms with Crippen molar-refractivity contribution < 1.29 is 9.18 Å². The van der Waals surface area contributed by atoms with E-state index in [1.54, 1.807) is 18.2 Å². The van der Waals surface area contributed by atoms with E-state index < -0.39 is 0 Å². The number of nitrogens with one attached hydrogen (secondary N) is 1. The molecule has 2 aliphatic rings. The first kappa shape index (κ1) is 12.8. The van der Waals surface area contributed by atoms with Crippen molar-refractivity contribution in [3.63, 3.8) is 0 Å². The summed E-state index contributed by atoms with van der Waals surface area (Å²) in [6.45, 7) is 3.61. The van der Waals surface area contributed by atoms with Gasteiger partial charge in [0.05, 0.1) is 0 Å². The molecule has 0 aliphatic carbocycles. The second kappa shape index (κ2) is 4.81. The Labute approximate surface area is 122 Å². The van der Waals surface area contributed by atoms with Crippen LogP contribution in [0.2, 0.25) is 0 Å². The van der Waals surface area contributed by atoms with Gasteiger partial charge in [0.15, 0.2) is 0 Å². The fraction of sp³-hybridized carbons (Fsp3) is 0.353. The Morgan fingerprint density at radius 1 is 1.05 bits per heavy atom.